The number of benzene rings is 2. The highest BCUT2D eigenvalue weighted by Crippen LogP contribution is 2.47. The van der Waals surface area contributed by atoms with E-state index in [-0.39, 0.29) is 41.7 Å². The van der Waals surface area contributed by atoms with Gasteiger partial charge in [0.05, 0.1) is 29.2 Å². The van der Waals surface area contributed by atoms with E-state index in [1.807, 2.05) is 4.90 Å². The monoisotopic (exact) mass is 426 g/mol. The quantitative estimate of drug-likeness (QED) is 0.507. The van der Waals surface area contributed by atoms with Crippen LogP contribution >= 0.6 is 0 Å². The lowest BCUT2D eigenvalue weighted by molar-refractivity contribution is -0.137. The van der Waals surface area contributed by atoms with Crippen molar-refractivity contribution in [2.45, 2.75) is 12.2 Å². The van der Waals surface area contributed by atoms with Gasteiger partial charge in [-0.3, -0.25) is 4.79 Å². The van der Waals surface area contributed by atoms with Crippen LogP contribution in [0.5, 0.6) is 0 Å². The molecule has 1 amide bonds. The summed E-state index contributed by atoms with van der Waals surface area (Å²) in [5.41, 5.74) is 5.26. The molecule has 1 saturated carbocycles. The molecule has 2 fully saturated rings. The fourth-order valence-corrected chi connectivity index (χ4v) is 3.99. The molecule has 5 nitrogen and oxygen atoms in total. The molecule has 1 aliphatic heterocycles. The Hall–Kier alpha value is -3.04. The minimum atomic E-state index is -4.49. The average molecular weight is 426 g/mol. The highest BCUT2D eigenvalue weighted by molar-refractivity contribution is 5.83. The Balaban J connectivity index is 1.26. The number of carbonyl (C=O) groups excluding carboxylic acids is 1. The van der Waals surface area contributed by atoms with Gasteiger partial charge in [0.1, 0.15) is 11.6 Å². The number of nitrogens with one attached hydrogen (secondary N) is 2. The van der Waals surface area contributed by atoms with E-state index in [4.69, 9.17) is 5.73 Å². The van der Waals surface area contributed by atoms with Crippen molar-refractivity contribution in [3.63, 3.8) is 0 Å². The smallest absolute Gasteiger partial charge is 0.397 e. The summed E-state index contributed by atoms with van der Waals surface area (Å²) in [6.45, 7) is 0.969. The fraction of sp³-hybridized carbons (Fsp3) is 0.350. The molecule has 10 heteroatoms. The lowest BCUT2D eigenvalue weighted by atomic mass is 10.1. The van der Waals surface area contributed by atoms with Crippen molar-refractivity contribution in [2.24, 2.45) is 11.8 Å². The molecule has 0 spiro atoms. The molecule has 1 aliphatic carbocycles. The molecule has 2 unspecified atom stereocenters. The van der Waals surface area contributed by atoms with Gasteiger partial charge in [-0.1, -0.05) is 0 Å². The molecular weight excluding hydrogens is 407 g/mol. The van der Waals surface area contributed by atoms with E-state index in [1.54, 1.807) is 0 Å². The van der Waals surface area contributed by atoms with E-state index in [1.165, 1.54) is 18.2 Å². The van der Waals surface area contributed by atoms with Gasteiger partial charge in [0.15, 0.2) is 0 Å². The van der Waals surface area contributed by atoms with E-state index in [0.717, 1.165) is 18.2 Å². The Bertz CT molecular complexity index is 968. The zero-order chi connectivity index (χ0) is 21.6. The summed E-state index contributed by atoms with van der Waals surface area (Å²) in [5, 5.41) is 5.61. The molecular formula is C20H19F5N4O. The molecule has 0 radical (unpaired) electrons. The van der Waals surface area contributed by atoms with Crippen LogP contribution in [0.15, 0.2) is 36.4 Å². The number of amides is 1. The topological polar surface area (TPSA) is 70.4 Å². The molecule has 2 atom stereocenters. The van der Waals surface area contributed by atoms with Gasteiger partial charge >= 0.3 is 6.18 Å². The van der Waals surface area contributed by atoms with Gasteiger partial charge in [0.25, 0.3) is 0 Å². The summed E-state index contributed by atoms with van der Waals surface area (Å²) in [6, 6.07) is 6.31. The van der Waals surface area contributed by atoms with E-state index in [2.05, 4.69) is 10.6 Å². The van der Waals surface area contributed by atoms with E-state index in [9.17, 15) is 26.7 Å². The fourth-order valence-electron chi connectivity index (χ4n) is 3.99. The van der Waals surface area contributed by atoms with Crippen LogP contribution in [0, 0.1) is 23.5 Å². The predicted molar refractivity (Wildman–Crippen MR) is 102 cm³/mol. The first-order chi connectivity index (χ1) is 14.1. The number of hydrogen-bond donors (Lipinski definition) is 3. The van der Waals surface area contributed by atoms with Gasteiger partial charge < -0.3 is 21.3 Å². The zero-order valence-corrected chi connectivity index (χ0v) is 15.6. The van der Waals surface area contributed by atoms with Crippen LogP contribution in [-0.4, -0.2) is 31.6 Å². The Labute approximate surface area is 169 Å². The summed E-state index contributed by atoms with van der Waals surface area (Å²) in [5.74, 6) is -1.21. The lowest BCUT2D eigenvalue weighted by Gasteiger charge is -2.23. The summed E-state index contributed by atoms with van der Waals surface area (Å²) in [4.78, 5) is 14.0. The van der Waals surface area contributed by atoms with Gasteiger partial charge in [-0.15, -0.1) is 0 Å². The second-order valence-corrected chi connectivity index (χ2v) is 7.58. The summed E-state index contributed by atoms with van der Waals surface area (Å²) >= 11 is 0. The Kier molecular flexibility index (Phi) is 4.95. The number of nitrogens with zero attached hydrogens (tertiary/aromatic N) is 1. The molecule has 4 rings (SSSR count). The third-order valence-corrected chi connectivity index (χ3v) is 5.59. The summed E-state index contributed by atoms with van der Waals surface area (Å²) in [7, 11) is 0. The minimum absolute atomic E-state index is 0.0380. The number of fused-ring (bicyclic) bond motifs is 1. The van der Waals surface area contributed by atoms with E-state index in [0.29, 0.717) is 18.8 Å². The zero-order valence-electron chi connectivity index (χ0n) is 15.6. The number of halogens is 5. The summed E-state index contributed by atoms with van der Waals surface area (Å²) < 4.78 is 65.0. The molecule has 160 valence electrons. The number of piperidine rings is 1. The maximum Gasteiger partial charge on any atom is 0.416 e. The first kappa shape index (κ1) is 20.2. The van der Waals surface area contributed by atoms with Crippen molar-refractivity contribution in [1.29, 1.82) is 0 Å². The largest absolute Gasteiger partial charge is 0.416 e. The predicted octanol–water partition coefficient (Wildman–Crippen LogP) is 3.23. The highest BCUT2D eigenvalue weighted by atomic mass is 19.4. The van der Waals surface area contributed by atoms with Crippen LogP contribution in [0.4, 0.5) is 39.0 Å². The number of hydrogen-bond acceptors (Lipinski definition) is 4. The third kappa shape index (κ3) is 3.99. The van der Waals surface area contributed by atoms with Crippen LogP contribution < -0.4 is 21.3 Å². The Morgan fingerprint density at radius 3 is 2.40 bits per heavy atom. The second kappa shape index (κ2) is 7.33. The van der Waals surface area contributed by atoms with Crippen molar-refractivity contribution in [3.8, 4) is 0 Å². The standard InChI is InChI=1S/C20H19F5N4O/c21-11-2-4-17(14(22)6-11)29-8-12-13(9-29)19(12)28-18(30)7-27-16-3-1-10(5-15(16)26)20(23,24)25/h1-6,12-13,19,27H,7-9,26H2,(H,28,30). The lowest BCUT2D eigenvalue weighted by Crippen LogP contribution is -2.37. The summed E-state index contributed by atoms with van der Waals surface area (Å²) in [6.07, 6.45) is -4.49. The minimum Gasteiger partial charge on any atom is -0.397 e. The van der Waals surface area contributed by atoms with Crippen LogP contribution in [0.1, 0.15) is 5.56 Å². The number of rotatable bonds is 5. The van der Waals surface area contributed by atoms with Crippen LogP contribution in [0.2, 0.25) is 0 Å². The molecule has 0 aromatic heterocycles. The molecule has 30 heavy (non-hydrogen) atoms. The van der Waals surface area contributed by atoms with Crippen molar-refractivity contribution in [1.82, 2.24) is 5.32 Å². The number of anilines is 3. The highest BCUT2D eigenvalue weighted by Gasteiger charge is 2.56. The molecule has 2 aromatic rings. The molecule has 1 saturated heterocycles. The molecule has 2 aliphatic rings. The Morgan fingerprint density at radius 1 is 1.10 bits per heavy atom. The van der Waals surface area contributed by atoms with Gasteiger partial charge in [-0.05, 0) is 30.3 Å². The third-order valence-electron chi connectivity index (χ3n) is 5.59. The van der Waals surface area contributed by atoms with Crippen molar-refractivity contribution < 1.29 is 26.7 Å². The molecule has 2 aromatic carbocycles. The van der Waals surface area contributed by atoms with Crippen LogP contribution in [0.3, 0.4) is 0 Å². The molecule has 4 N–H and O–H groups in total. The van der Waals surface area contributed by atoms with Crippen LogP contribution in [-0.2, 0) is 11.0 Å². The van der Waals surface area contributed by atoms with Gasteiger partial charge in [0.2, 0.25) is 5.91 Å². The van der Waals surface area contributed by atoms with Crippen molar-refractivity contribution in [3.05, 3.63) is 53.6 Å². The first-order valence-corrected chi connectivity index (χ1v) is 9.33. The SMILES string of the molecule is Nc1cc(C(F)(F)F)ccc1NCC(=O)NC1C2CN(c3ccc(F)cc3F)CC21. The number of nitrogens with two attached hydrogens (primary N) is 1. The second-order valence-electron chi connectivity index (χ2n) is 7.58. The van der Waals surface area contributed by atoms with Gasteiger partial charge in [0, 0.05) is 37.0 Å². The van der Waals surface area contributed by atoms with E-state index < -0.39 is 23.4 Å². The molecule has 0 bridgehead atoms. The normalized spacial score (nSPS) is 22.6. The van der Waals surface area contributed by atoms with Crippen molar-refractivity contribution in [2.75, 3.05) is 35.6 Å². The Morgan fingerprint density at radius 2 is 1.80 bits per heavy atom. The average Bonchev–Trinajstić information content (AvgIpc) is 3.09. The van der Waals surface area contributed by atoms with Gasteiger partial charge in [-0.25, -0.2) is 8.78 Å². The molecule has 1 heterocycles. The maximum absolute atomic E-state index is 13.9. The number of alkyl halides is 3. The number of nitrogen functional groups attached to an aromatic ring is 1. The van der Waals surface area contributed by atoms with Gasteiger partial charge in [-0.2, -0.15) is 13.2 Å². The van der Waals surface area contributed by atoms with Crippen LogP contribution in [0.25, 0.3) is 0 Å². The van der Waals surface area contributed by atoms with Crippen molar-refractivity contribution >= 4 is 23.0 Å². The van der Waals surface area contributed by atoms with E-state index >= 15 is 0 Å². The number of carbonyl (C=O) groups is 1. The maximum atomic E-state index is 13.9. The first-order valence-electron chi connectivity index (χ1n) is 9.33.